The quantitative estimate of drug-likeness (QED) is 0.849. The van der Waals surface area contributed by atoms with Gasteiger partial charge in [-0.1, -0.05) is 6.92 Å². The van der Waals surface area contributed by atoms with E-state index >= 15 is 0 Å². The van der Waals surface area contributed by atoms with E-state index in [0.29, 0.717) is 0 Å². The second kappa shape index (κ2) is 7.13. The molecule has 1 aliphatic heterocycles. The lowest BCUT2D eigenvalue weighted by Gasteiger charge is -2.33. The van der Waals surface area contributed by atoms with Crippen molar-refractivity contribution >= 4 is 5.69 Å². The van der Waals surface area contributed by atoms with E-state index in [9.17, 15) is 0 Å². The molecule has 23 heavy (non-hydrogen) atoms. The lowest BCUT2D eigenvalue weighted by atomic mass is 10.2. The van der Waals surface area contributed by atoms with Crippen molar-refractivity contribution < 1.29 is 9.15 Å². The summed E-state index contributed by atoms with van der Waals surface area (Å²) < 4.78 is 11.4. The van der Waals surface area contributed by atoms with Crippen molar-refractivity contribution in [3.8, 4) is 0 Å². The van der Waals surface area contributed by atoms with E-state index in [1.54, 1.807) is 0 Å². The molecule has 0 bridgehead atoms. The van der Waals surface area contributed by atoms with E-state index in [2.05, 4.69) is 40.8 Å². The molecule has 0 N–H and O–H groups in total. The van der Waals surface area contributed by atoms with Crippen LogP contribution in [0.5, 0.6) is 0 Å². The maximum absolute atomic E-state index is 5.78. The van der Waals surface area contributed by atoms with Crippen LogP contribution in [0.25, 0.3) is 0 Å². The molecular weight excluding hydrogens is 290 g/mol. The van der Waals surface area contributed by atoms with Gasteiger partial charge in [0.25, 0.3) is 0 Å². The first kappa shape index (κ1) is 16.0. The van der Waals surface area contributed by atoms with Gasteiger partial charge in [0.1, 0.15) is 5.76 Å². The normalized spacial score (nSPS) is 18.4. The monoisotopic (exact) mass is 315 g/mol. The highest BCUT2D eigenvalue weighted by Crippen LogP contribution is 2.19. The number of aryl methyl sites for hydroxylation is 4. The molecule has 1 aliphatic rings. The number of aromatic nitrogens is 2. The summed E-state index contributed by atoms with van der Waals surface area (Å²) in [6.45, 7) is 8.86. The Hall–Kier alpha value is -1.88. The average molecular weight is 315 g/mol. The topological polar surface area (TPSA) is 51.4 Å². The molecule has 0 spiro atoms. The Morgan fingerprint density at radius 2 is 2.22 bits per heavy atom. The van der Waals surface area contributed by atoms with Crippen molar-refractivity contribution in [2.75, 3.05) is 24.6 Å². The number of rotatable bonds is 5. The Balaban J connectivity index is 1.65. The first-order chi connectivity index (χ1) is 11.2. The van der Waals surface area contributed by atoms with E-state index < -0.39 is 0 Å². The minimum absolute atomic E-state index is 0.281. The standard InChI is InChI=1S/C18H25N3O2/c1-4-17-14(3)20-18(23-17)6-5-15-11-16(7-8-19-15)21-9-10-22-13(2)12-21/h7-8,11,13H,4-6,9-10,12H2,1-3H3. The van der Waals surface area contributed by atoms with Gasteiger partial charge in [0.05, 0.1) is 18.4 Å². The molecule has 5 heteroatoms. The van der Waals surface area contributed by atoms with E-state index in [1.807, 2.05) is 13.1 Å². The fourth-order valence-corrected chi connectivity index (χ4v) is 3.01. The lowest BCUT2D eigenvalue weighted by molar-refractivity contribution is 0.0532. The zero-order chi connectivity index (χ0) is 16.2. The van der Waals surface area contributed by atoms with E-state index in [0.717, 1.165) is 62.0 Å². The van der Waals surface area contributed by atoms with Gasteiger partial charge in [-0.25, -0.2) is 4.98 Å². The van der Waals surface area contributed by atoms with Crippen molar-refractivity contribution in [2.45, 2.75) is 46.1 Å². The first-order valence-electron chi connectivity index (χ1n) is 8.42. The maximum Gasteiger partial charge on any atom is 0.195 e. The third kappa shape index (κ3) is 3.91. The second-order valence-corrected chi connectivity index (χ2v) is 6.10. The summed E-state index contributed by atoms with van der Waals surface area (Å²) in [5.74, 6) is 1.80. The SMILES string of the molecule is CCc1oc(CCc2cc(N3CCOC(C)C3)ccn2)nc1C. The molecule has 1 unspecified atom stereocenters. The Kier molecular flexibility index (Phi) is 4.96. The van der Waals surface area contributed by atoms with Gasteiger partial charge in [-0.2, -0.15) is 0 Å². The summed E-state index contributed by atoms with van der Waals surface area (Å²) in [6, 6.07) is 4.25. The van der Waals surface area contributed by atoms with Gasteiger partial charge in [-0.3, -0.25) is 4.98 Å². The summed E-state index contributed by atoms with van der Waals surface area (Å²) in [7, 11) is 0. The number of anilines is 1. The zero-order valence-corrected chi connectivity index (χ0v) is 14.2. The van der Waals surface area contributed by atoms with Gasteiger partial charge >= 0.3 is 0 Å². The van der Waals surface area contributed by atoms with Crippen LogP contribution in [-0.2, 0) is 24.0 Å². The molecule has 1 fully saturated rings. The fraction of sp³-hybridized carbons (Fsp3) is 0.556. The fourth-order valence-electron chi connectivity index (χ4n) is 3.01. The van der Waals surface area contributed by atoms with Crippen LogP contribution in [0.2, 0.25) is 0 Å². The van der Waals surface area contributed by atoms with Crippen LogP contribution in [0.15, 0.2) is 22.7 Å². The minimum atomic E-state index is 0.281. The number of nitrogens with zero attached hydrogens (tertiary/aromatic N) is 3. The minimum Gasteiger partial charge on any atom is -0.445 e. The third-order valence-electron chi connectivity index (χ3n) is 4.26. The number of hydrogen-bond donors (Lipinski definition) is 0. The molecule has 0 aliphatic carbocycles. The van der Waals surface area contributed by atoms with Crippen molar-refractivity contribution in [1.29, 1.82) is 0 Å². The molecule has 5 nitrogen and oxygen atoms in total. The van der Waals surface area contributed by atoms with Gasteiger partial charge in [0, 0.05) is 43.5 Å². The largest absolute Gasteiger partial charge is 0.445 e. The summed E-state index contributed by atoms with van der Waals surface area (Å²) in [6.07, 6.45) is 4.70. The molecule has 1 atom stereocenters. The van der Waals surface area contributed by atoms with Gasteiger partial charge in [-0.05, 0) is 32.4 Å². The Morgan fingerprint density at radius 1 is 1.35 bits per heavy atom. The Labute approximate surface area is 137 Å². The second-order valence-electron chi connectivity index (χ2n) is 6.10. The van der Waals surface area contributed by atoms with Crippen molar-refractivity contribution in [2.24, 2.45) is 0 Å². The molecule has 1 saturated heterocycles. The van der Waals surface area contributed by atoms with Crippen molar-refractivity contribution in [3.05, 3.63) is 41.4 Å². The number of oxazole rings is 1. The van der Waals surface area contributed by atoms with Crippen LogP contribution >= 0.6 is 0 Å². The van der Waals surface area contributed by atoms with Crippen LogP contribution in [-0.4, -0.2) is 35.8 Å². The number of ether oxygens (including phenoxy) is 1. The highest BCUT2D eigenvalue weighted by molar-refractivity contribution is 5.47. The zero-order valence-electron chi connectivity index (χ0n) is 14.2. The first-order valence-corrected chi connectivity index (χ1v) is 8.42. The van der Waals surface area contributed by atoms with E-state index in [4.69, 9.17) is 9.15 Å². The summed E-state index contributed by atoms with van der Waals surface area (Å²) in [5.41, 5.74) is 3.31. The van der Waals surface area contributed by atoms with Crippen LogP contribution in [0.1, 0.15) is 36.9 Å². The predicted molar refractivity (Wildman–Crippen MR) is 89.9 cm³/mol. The number of pyridine rings is 1. The molecule has 0 saturated carbocycles. The van der Waals surface area contributed by atoms with Gasteiger partial charge in [0.15, 0.2) is 5.89 Å². The molecule has 2 aromatic rings. The maximum atomic E-state index is 5.78. The lowest BCUT2D eigenvalue weighted by Crippen LogP contribution is -2.41. The molecule has 0 radical (unpaired) electrons. The average Bonchev–Trinajstić information content (AvgIpc) is 2.93. The van der Waals surface area contributed by atoms with Crippen LogP contribution in [0, 0.1) is 6.92 Å². The molecular formula is C18H25N3O2. The molecule has 3 rings (SSSR count). The third-order valence-corrected chi connectivity index (χ3v) is 4.26. The predicted octanol–water partition coefficient (Wildman–Crippen LogP) is 2.95. The molecule has 0 amide bonds. The van der Waals surface area contributed by atoms with Crippen LogP contribution in [0.4, 0.5) is 5.69 Å². The molecule has 2 aromatic heterocycles. The number of morpholine rings is 1. The molecule has 3 heterocycles. The smallest absolute Gasteiger partial charge is 0.195 e. The highest BCUT2D eigenvalue weighted by Gasteiger charge is 2.17. The van der Waals surface area contributed by atoms with Crippen LogP contribution in [0.3, 0.4) is 0 Å². The van der Waals surface area contributed by atoms with Crippen LogP contribution < -0.4 is 4.90 Å². The Morgan fingerprint density at radius 3 is 2.96 bits per heavy atom. The van der Waals surface area contributed by atoms with Gasteiger partial charge in [-0.15, -0.1) is 0 Å². The molecule has 0 aromatic carbocycles. The Bertz CT molecular complexity index is 653. The van der Waals surface area contributed by atoms with Gasteiger partial charge < -0.3 is 14.1 Å². The van der Waals surface area contributed by atoms with E-state index in [-0.39, 0.29) is 6.10 Å². The van der Waals surface area contributed by atoms with Crippen molar-refractivity contribution in [3.63, 3.8) is 0 Å². The summed E-state index contributed by atoms with van der Waals surface area (Å²) in [4.78, 5) is 11.4. The van der Waals surface area contributed by atoms with Crippen molar-refractivity contribution in [1.82, 2.24) is 9.97 Å². The highest BCUT2D eigenvalue weighted by atomic mass is 16.5. The van der Waals surface area contributed by atoms with Gasteiger partial charge in [0.2, 0.25) is 0 Å². The number of hydrogen-bond acceptors (Lipinski definition) is 5. The van der Waals surface area contributed by atoms with E-state index in [1.165, 1.54) is 5.69 Å². The molecule has 124 valence electrons. The summed E-state index contributed by atoms with van der Waals surface area (Å²) >= 11 is 0. The summed E-state index contributed by atoms with van der Waals surface area (Å²) in [5, 5.41) is 0.